The Morgan fingerprint density at radius 2 is 2.19 bits per heavy atom. The smallest absolute Gasteiger partial charge is 0.209 e. The molecule has 1 saturated heterocycles. The second-order valence-corrected chi connectivity index (χ2v) is 5.45. The monoisotopic (exact) mass is 289 g/mol. The summed E-state index contributed by atoms with van der Waals surface area (Å²) in [5.74, 6) is 1.16. The van der Waals surface area contributed by atoms with Crippen LogP contribution in [0.5, 0.6) is 0 Å². The van der Waals surface area contributed by atoms with Crippen molar-refractivity contribution in [3.05, 3.63) is 42.2 Å². The lowest BCUT2D eigenvalue weighted by Gasteiger charge is -2.22. The molecule has 1 unspecified atom stereocenters. The minimum Gasteiger partial charge on any atom is -0.439 e. The van der Waals surface area contributed by atoms with Crippen molar-refractivity contribution in [1.29, 1.82) is 0 Å². The molecular weight excluding hydrogens is 269 g/mol. The second kappa shape index (κ2) is 6.37. The van der Waals surface area contributed by atoms with Gasteiger partial charge >= 0.3 is 0 Å². The lowest BCUT2D eigenvalue weighted by Crippen LogP contribution is -2.36. The first-order chi connectivity index (χ1) is 10.3. The lowest BCUT2D eigenvalue weighted by atomic mass is 10.2. The van der Waals surface area contributed by atoms with Crippen LogP contribution in [0.25, 0.3) is 11.3 Å². The number of nitrogens with one attached hydrogen (secondary N) is 1. The Morgan fingerprint density at radius 1 is 1.38 bits per heavy atom. The number of hydrogen-bond donors (Lipinski definition) is 1. The molecule has 0 aliphatic carbocycles. The zero-order chi connectivity index (χ0) is 14.7. The van der Waals surface area contributed by atoms with E-state index in [0.717, 1.165) is 31.1 Å². The number of rotatable bonds is 5. The first kappa shape index (κ1) is 14.2. The summed E-state index contributed by atoms with van der Waals surface area (Å²) in [5.41, 5.74) is 0.850. The van der Waals surface area contributed by atoms with Crippen molar-refractivity contribution in [2.45, 2.75) is 25.4 Å². The Hall–Kier alpha value is -1.72. The van der Waals surface area contributed by atoms with Gasteiger partial charge in [-0.05, 0) is 50.7 Å². The van der Waals surface area contributed by atoms with Crippen LogP contribution in [0.4, 0.5) is 4.39 Å². The Kier molecular flexibility index (Phi) is 4.31. The minimum atomic E-state index is -0.245. The van der Waals surface area contributed by atoms with Crippen molar-refractivity contribution >= 4 is 0 Å². The average Bonchev–Trinajstić information content (AvgIpc) is 3.11. The van der Waals surface area contributed by atoms with Gasteiger partial charge in [0.15, 0.2) is 5.76 Å². The van der Waals surface area contributed by atoms with Crippen LogP contribution in [0.15, 0.2) is 34.9 Å². The van der Waals surface area contributed by atoms with Gasteiger partial charge in [-0.1, -0.05) is 0 Å². The molecule has 4 nitrogen and oxygen atoms in total. The van der Waals surface area contributed by atoms with Crippen molar-refractivity contribution in [1.82, 2.24) is 15.2 Å². The van der Waals surface area contributed by atoms with E-state index in [1.165, 1.54) is 25.0 Å². The molecule has 2 aromatic rings. The fourth-order valence-corrected chi connectivity index (χ4v) is 2.87. The second-order valence-electron chi connectivity index (χ2n) is 5.45. The molecule has 2 heterocycles. The van der Waals surface area contributed by atoms with E-state index in [4.69, 9.17) is 4.42 Å². The van der Waals surface area contributed by atoms with Gasteiger partial charge in [-0.15, -0.1) is 0 Å². The maximum Gasteiger partial charge on any atom is 0.209 e. The van der Waals surface area contributed by atoms with Gasteiger partial charge in [0.1, 0.15) is 5.82 Å². The maximum absolute atomic E-state index is 12.9. The predicted molar refractivity (Wildman–Crippen MR) is 79.3 cm³/mol. The van der Waals surface area contributed by atoms with Crippen LogP contribution in [-0.4, -0.2) is 36.1 Å². The number of halogens is 1. The molecule has 1 aromatic heterocycles. The first-order valence-electron chi connectivity index (χ1n) is 7.35. The highest BCUT2D eigenvalue weighted by Gasteiger charge is 2.25. The number of hydrogen-bond acceptors (Lipinski definition) is 4. The van der Waals surface area contributed by atoms with E-state index < -0.39 is 0 Å². The third kappa shape index (κ3) is 3.31. The maximum atomic E-state index is 12.9. The molecule has 1 aliphatic rings. The zero-order valence-corrected chi connectivity index (χ0v) is 12.2. The molecule has 0 saturated carbocycles. The Labute approximate surface area is 124 Å². The summed E-state index contributed by atoms with van der Waals surface area (Å²) in [6.07, 6.45) is 4.15. The normalized spacial score (nSPS) is 19.2. The standard InChI is InChI=1S/C16H20FN3O/c1-18-9-14-3-2-8-20(14)11-16-19-10-15(21-16)12-4-6-13(17)7-5-12/h4-7,10,14,18H,2-3,8-9,11H2,1H3. The van der Waals surface area contributed by atoms with Crippen LogP contribution in [0.3, 0.4) is 0 Å². The van der Waals surface area contributed by atoms with Gasteiger partial charge in [-0.3, -0.25) is 4.90 Å². The molecule has 0 amide bonds. The average molecular weight is 289 g/mol. The fraction of sp³-hybridized carbons (Fsp3) is 0.438. The highest BCUT2D eigenvalue weighted by Crippen LogP contribution is 2.23. The summed E-state index contributed by atoms with van der Waals surface area (Å²) in [6, 6.07) is 6.83. The lowest BCUT2D eigenvalue weighted by molar-refractivity contribution is 0.220. The van der Waals surface area contributed by atoms with Crippen LogP contribution >= 0.6 is 0 Å². The third-order valence-corrected chi connectivity index (χ3v) is 3.96. The van der Waals surface area contributed by atoms with Gasteiger partial charge in [-0.25, -0.2) is 9.37 Å². The molecule has 1 N–H and O–H groups in total. The molecule has 0 spiro atoms. The Bertz CT molecular complexity index is 581. The summed E-state index contributed by atoms with van der Waals surface area (Å²) in [4.78, 5) is 6.75. The van der Waals surface area contributed by atoms with Gasteiger partial charge in [0, 0.05) is 18.2 Å². The first-order valence-corrected chi connectivity index (χ1v) is 7.35. The zero-order valence-electron chi connectivity index (χ0n) is 12.2. The number of likely N-dealkylation sites (tertiary alicyclic amines) is 1. The molecule has 5 heteroatoms. The number of aromatic nitrogens is 1. The minimum absolute atomic E-state index is 0.245. The van der Waals surface area contributed by atoms with Crippen LogP contribution in [-0.2, 0) is 6.54 Å². The predicted octanol–water partition coefficient (Wildman–Crippen LogP) is 2.66. The summed E-state index contributed by atoms with van der Waals surface area (Å²) < 4.78 is 18.7. The SMILES string of the molecule is CNCC1CCCN1Cc1ncc(-c2ccc(F)cc2)o1. The summed E-state index contributed by atoms with van der Waals surface area (Å²) in [6.45, 7) is 2.81. The molecule has 0 radical (unpaired) electrons. The van der Waals surface area contributed by atoms with Crippen molar-refractivity contribution in [3.63, 3.8) is 0 Å². The van der Waals surface area contributed by atoms with Gasteiger partial charge in [0.05, 0.1) is 12.7 Å². The van der Waals surface area contributed by atoms with Gasteiger partial charge < -0.3 is 9.73 Å². The van der Waals surface area contributed by atoms with Crippen molar-refractivity contribution < 1.29 is 8.81 Å². The quantitative estimate of drug-likeness (QED) is 0.919. The number of benzene rings is 1. The van der Waals surface area contributed by atoms with Crippen LogP contribution in [0, 0.1) is 5.82 Å². The van der Waals surface area contributed by atoms with E-state index in [9.17, 15) is 4.39 Å². The van der Waals surface area contributed by atoms with Crippen molar-refractivity contribution in [2.24, 2.45) is 0 Å². The van der Waals surface area contributed by atoms with E-state index in [1.54, 1.807) is 18.3 Å². The van der Waals surface area contributed by atoms with E-state index in [0.29, 0.717) is 11.8 Å². The van der Waals surface area contributed by atoms with E-state index in [-0.39, 0.29) is 5.82 Å². The van der Waals surface area contributed by atoms with Gasteiger partial charge in [-0.2, -0.15) is 0 Å². The van der Waals surface area contributed by atoms with Gasteiger partial charge in [0.2, 0.25) is 5.89 Å². The molecule has 1 fully saturated rings. The van der Waals surface area contributed by atoms with Crippen LogP contribution < -0.4 is 5.32 Å². The number of likely N-dealkylation sites (N-methyl/N-ethyl adjacent to an activating group) is 1. The summed E-state index contributed by atoms with van der Waals surface area (Å²) >= 11 is 0. The fourth-order valence-electron chi connectivity index (χ4n) is 2.87. The molecule has 3 rings (SSSR count). The molecule has 1 atom stereocenters. The van der Waals surface area contributed by atoms with Crippen LogP contribution in [0.2, 0.25) is 0 Å². The van der Waals surface area contributed by atoms with Crippen molar-refractivity contribution in [2.75, 3.05) is 20.1 Å². The Balaban J connectivity index is 1.69. The third-order valence-electron chi connectivity index (χ3n) is 3.96. The summed E-state index contributed by atoms with van der Waals surface area (Å²) in [7, 11) is 1.98. The molecule has 21 heavy (non-hydrogen) atoms. The van der Waals surface area contributed by atoms with E-state index >= 15 is 0 Å². The molecule has 1 aromatic carbocycles. The van der Waals surface area contributed by atoms with E-state index in [2.05, 4.69) is 15.2 Å². The number of oxazole rings is 1. The Morgan fingerprint density at radius 3 is 2.95 bits per heavy atom. The topological polar surface area (TPSA) is 41.3 Å². The van der Waals surface area contributed by atoms with Crippen molar-refractivity contribution in [3.8, 4) is 11.3 Å². The van der Waals surface area contributed by atoms with Crippen LogP contribution in [0.1, 0.15) is 18.7 Å². The molecule has 1 aliphatic heterocycles. The highest BCUT2D eigenvalue weighted by atomic mass is 19.1. The summed E-state index contributed by atoms with van der Waals surface area (Å²) in [5, 5.41) is 3.23. The molecule has 0 bridgehead atoms. The largest absolute Gasteiger partial charge is 0.439 e. The van der Waals surface area contributed by atoms with E-state index in [1.807, 2.05) is 7.05 Å². The molecular formula is C16H20FN3O. The molecule has 112 valence electrons. The van der Waals surface area contributed by atoms with Gasteiger partial charge in [0.25, 0.3) is 0 Å². The number of nitrogens with zero attached hydrogens (tertiary/aromatic N) is 2. The highest BCUT2D eigenvalue weighted by molar-refractivity contribution is 5.55.